The molecule has 1 fully saturated rings. The molecular weight excluding hydrogens is 236 g/mol. The van der Waals surface area contributed by atoms with Crippen molar-refractivity contribution < 1.29 is 4.74 Å². The lowest BCUT2D eigenvalue weighted by atomic mass is 9.83. The van der Waals surface area contributed by atoms with Crippen molar-refractivity contribution in [3.8, 4) is 0 Å². The van der Waals surface area contributed by atoms with Crippen LogP contribution in [-0.4, -0.2) is 23.0 Å². The van der Waals surface area contributed by atoms with Crippen molar-refractivity contribution in [3.05, 3.63) is 29.0 Å². The summed E-state index contributed by atoms with van der Waals surface area (Å²) in [5.74, 6) is 0.732. The number of nitrogens with zero attached hydrogens (tertiary/aromatic N) is 2. The average molecular weight is 251 g/mol. The van der Waals surface area contributed by atoms with Crippen LogP contribution in [0.5, 0.6) is 0 Å². The maximum Gasteiger partial charge on any atom is 0.218 e. The number of rotatable bonds is 1. The van der Waals surface area contributed by atoms with Crippen LogP contribution in [0, 0.1) is 0 Å². The maximum atomic E-state index is 5.77. The van der Waals surface area contributed by atoms with E-state index in [0.717, 1.165) is 30.9 Å². The molecule has 1 saturated carbocycles. The highest BCUT2D eigenvalue weighted by Crippen LogP contribution is 2.36. The van der Waals surface area contributed by atoms with E-state index < -0.39 is 0 Å². The van der Waals surface area contributed by atoms with Crippen LogP contribution >= 0.6 is 11.6 Å². The molecule has 1 aliphatic heterocycles. The number of ether oxygens (including phenoxy) is 1. The van der Waals surface area contributed by atoms with Gasteiger partial charge in [0.2, 0.25) is 5.90 Å². The van der Waals surface area contributed by atoms with Crippen LogP contribution in [0.15, 0.2) is 23.3 Å². The molecule has 0 saturated heterocycles. The van der Waals surface area contributed by atoms with Gasteiger partial charge in [-0.15, -0.1) is 0 Å². The minimum absolute atomic E-state index is 0.0488. The van der Waals surface area contributed by atoms with Crippen LogP contribution in [-0.2, 0) is 4.74 Å². The van der Waals surface area contributed by atoms with Gasteiger partial charge in [0.1, 0.15) is 11.8 Å². The van der Waals surface area contributed by atoms with Gasteiger partial charge in [-0.3, -0.25) is 0 Å². The Morgan fingerprint density at radius 3 is 2.71 bits per heavy atom. The van der Waals surface area contributed by atoms with Crippen molar-refractivity contribution in [3.63, 3.8) is 0 Å². The molecule has 1 aliphatic carbocycles. The highest BCUT2D eigenvalue weighted by Gasteiger charge is 2.37. The van der Waals surface area contributed by atoms with Crippen molar-refractivity contribution in [2.75, 3.05) is 6.61 Å². The number of halogens is 1. The van der Waals surface area contributed by atoms with Gasteiger partial charge in [0.25, 0.3) is 0 Å². The Balaban J connectivity index is 1.85. The van der Waals surface area contributed by atoms with Crippen molar-refractivity contribution in [1.82, 2.24) is 4.98 Å². The summed E-state index contributed by atoms with van der Waals surface area (Å²) in [6, 6.07) is 3.69. The van der Waals surface area contributed by atoms with Gasteiger partial charge in [0.15, 0.2) is 0 Å². The first-order chi connectivity index (χ1) is 8.27. The molecule has 3 nitrogen and oxygen atoms in total. The molecule has 0 N–H and O–H groups in total. The molecule has 0 unspecified atom stereocenters. The summed E-state index contributed by atoms with van der Waals surface area (Å²) in [6.45, 7) is 0.727. The Labute approximate surface area is 106 Å². The molecule has 1 spiro atoms. The van der Waals surface area contributed by atoms with Gasteiger partial charge in [0.05, 0.1) is 11.1 Å². The van der Waals surface area contributed by atoms with E-state index in [4.69, 9.17) is 21.3 Å². The van der Waals surface area contributed by atoms with Gasteiger partial charge in [0, 0.05) is 6.20 Å². The Hall–Kier alpha value is -1.09. The number of hydrogen-bond donors (Lipinski definition) is 0. The first kappa shape index (κ1) is 11.0. The Kier molecular flexibility index (Phi) is 2.79. The lowest BCUT2D eigenvalue weighted by Crippen LogP contribution is -2.30. The largest absolute Gasteiger partial charge is 0.475 e. The molecule has 0 atom stereocenters. The van der Waals surface area contributed by atoms with Crippen LogP contribution in [0.2, 0.25) is 5.15 Å². The summed E-state index contributed by atoms with van der Waals surface area (Å²) >= 11 is 5.77. The summed E-state index contributed by atoms with van der Waals surface area (Å²) < 4.78 is 5.74. The van der Waals surface area contributed by atoms with Crippen molar-refractivity contribution >= 4 is 17.5 Å². The van der Waals surface area contributed by atoms with Crippen LogP contribution < -0.4 is 0 Å². The topological polar surface area (TPSA) is 34.5 Å². The van der Waals surface area contributed by atoms with E-state index in [9.17, 15) is 0 Å². The quantitative estimate of drug-likeness (QED) is 0.718. The average Bonchev–Trinajstić information content (AvgIpc) is 2.75. The Bertz CT molecular complexity index is 435. The first-order valence-corrected chi connectivity index (χ1v) is 6.50. The fourth-order valence-electron chi connectivity index (χ4n) is 2.60. The van der Waals surface area contributed by atoms with Crippen LogP contribution in [0.4, 0.5) is 0 Å². The molecule has 1 aromatic rings. The van der Waals surface area contributed by atoms with Crippen LogP contribution in [0.3, 0.4) is 0 Å². The molecular formula is C13H15ClN2O. The Morgan fingerprint density at radius 1 is 1.18 bits per heavy atom. The van der Waals surface area contributed by atoms with E-state index >= 15 is 0 Å². The van der Waals surface area contributed by atoms with Gasteiger partial charge >= 0.3 is 0 Å². The zero-order valence-corrected chi connectivity index (χ0v) is 10.4. The SMILES string of the molecule is Clc1ccc(C2=NC3(CCCCC3)CO2)cn1. The third-order valence-electron chi connectivity index (χ3n) is 3.57. The number of pyridine rings is 1. The molecule has 0 amide bonds. The third kappa shape index (κ3) is 2.16. The van der Waals surface area contributed by atoms with E-state index in [1.807, 2.05) is 6.07 Å². The predicted octanol–water partition coefficient (Wildman–Crippen LogP) is 3.21. The van der Waals surface area contributed by atoms with Gasteiger partial charge in [-0.2, -0.15) is 0 Å². The number of aromatic nitrogens is 1. The summed E-state index contributed by atoms with van der Waals surface area (Å²) in [4.78, 5) is 8.85. The zero-order valence-electron chi connectivity index (χ0n) is 9.66. The zero-order chi connectivity index (χ0) is 11.7. The van der Waals surface area contributed by atoms with Gasteiger partial charge in [-0.05, 0) is 25.0 Å². The Morgan fingerprint density at radius 2 is 2.00 bits per heavy atom. The first-order valence-electron chi connectivity index (χ1n) is 6.12. The molecule has 0 radical (unpaired) electrons. The third-order valence-corrected chi connectivity index (χ3v) is 3.80. The van der Waals surface area contributed by atoms with Gasteiger partial charge in [-0.25, -0.2) is 9.98 Å². The molecule has 2 heterocycles. The standard InChI is InChI=1S/C13H15ClN2O/c14-11-5-4-10(8-15-11)12-16-13(9-17-12)6-2-1-3-7-13/h4-5,8H,1-3,6-7,9H2. The molecule has 0 bridgehead atoms. The fourth-order valence-corrected chi connectivity index (χ4v) is 2.71. The maximum absolute atomic E-state index is 5.77. The van der Waals surface area contributed by atoms with Crippen molar-refractivity contribution in [2.45, 2.75) is 37.6 Å². The molecule has 90 valence electrons. The van der Waals surface area contributed by atoms with Crippen molar-refractivity contribution in [2.24, 2.45) is 4.99 Å². The highest BCUT2D eigenvalue weighted by atomic mass is 35.5. The van der Waals surface area contributed by atoms with Crippen molar-refractivity contribution in [1.29, 1.82) is 0 Å². The van der Waals surface area contributed by atoms with E-state index in [0.29, 0.717) is 5.15 Å². The number of aliphatic imine (C=N–C) groups is 1. The minimum atomic E-state index is 0.0488. The summed E-state index contributed by atoms with van der Waals surface area (Å²) in [6.07, 6.45) is 7.88. The summed E-state index contributed by atoms with van der Waals surface area (Å²) in [5, 5.41) is 0.500. The second kappa shape index (κ2) is 4.30. The fraction of sp³-hybridized carbons (Fsp3) is 0.538. The van der Waals surface area contributed by atoms with E-state index in [2.05, 4.69) is 4.98 Å². The number of hydrogen-bond acceptors (Lipinski definition) is 3. The molecule has 3 rings (SSSR count). The molecule has 2 aliphatic rings. The minimum Gasteiger partial charge on any atom is -0.475 e. The smallest absolute Gasteiger partial charge is 0.218 e. The van der Waals surface area contributed by atoms with Crippen LogP contribution in [0.25, 0.3) is 0 Å². The summed E-state index contributed by atoms with van der Waals surface area (Å²) in [7, 11) is 0. The normalized spacial score (nSPS) is 22.3. The van der Waals surface area contributed by atoms with Gasteiger partial charge < -0.3 is 4.74 Å². The van der Waals surface area contributed by atoms with Gasteiger partial charge in [-0.1, -0.05) is 30.9 Å². The van der Waals surface area contributed by atoms with E-state index in [1.54, 1.807) is 12.3 Å². The lowest BCUT2D eigenvalue weighted by Gasteiger charge is -2.27. The molecule has 1 aromatic heterocycles. The second-order valence-corrected chi connectivity index (χ2v) is 5.25. The van der Waals surface area contributed by atoms with Crippen LogP contribution in [0.1, 0.15) is 37.7 Å². The monoisotopic (exact) mass is 250 g/mol. The lowest BCUT2D eigenvalue weighted by molar-refractivity contribution is 0.207. The molecule has 0 aromatic carbocycles. The summed E-state index contributed by atoms with van der Waals surface area (Å²) in [5.41, 5.74) is 0.976. The molecule has 17 heavy (non-hydrogen) atoms. The predicted molar refractivity (Wildman–Crippen MR) is 67.6 cm³/mol. The van der Waals surface area contributed by atoms with E-state index in [-0.39, 0.29) is 5.54 Å². The highest BCUT2D eigenvalue weighted by molar-refractivity contribution is 6.29. The second-order valence-electron chi connectivity index (χ2n) is 4.86. The van der Waals surface area contributed by atoms with E-state index in [1.165, 1.54) is 19.3 Å². The molecule has 4 heteroatoms.